The highest BCUT2D eigenvalue weighted by atomic mass is 32.2. The van der Waals surface area contributed by atoms with E-state index in [2.05, 4.69) is 10.1 Å². The molecule has 5 nitrogen and oxygen atoms in total. The second-order valence-corrected chi connectivity index (χ2v) is 7.48. The molecule has 1 aromatic carbocycles. The second kappa shape index (κ2) is 5.01. The smallest absolute Gasteiger partial charge is 0.234 e. The van der Waals surface area contributed by atoms with Crippen LogP contribution in [0.5, 0.6) is 0 Å². The van der Waals surface area contributed by atoms with E-state index in [1.807, 2.05) is 30.3 Å². The average Bonchev–Trinajstić information content (AvgIpc) is 3.11. The van der Waals surface area contributed by atoms with E-state index in [9.17, 15) is 8.42 Å². The van der Waals surface area contributed by atoms with Crippen LogP contribution in [0.3, 0.4) is 0 Å². The van der Waals surface area contributed by atoms with E-state index in [4.69, 9.17) is 4.52 Å². The van der Waals surface area contributed by atoms with Crippen molar-refractivity contribution >= 4 is 9.84 Å². The van der Waals surface area contributed by atoms with Crippen molar-refractivity contribution in [2.24, 2.45) is 5.92 Å². The average molecular weight is 292 g/mol. The van der Waals surface area contributed by atoms with E-state index in [0.29, 0.717) is 11.8 Å². The van der Waals surface area contributed by atoms with Crippen LogP contribution in [0.1, 0.15) is 36.0 Å². The number of rotatable bonds is 5. The minimum atomic E-state index is -3.14. The van der Waals surface area contributed by atoms with E-state index in [0.717, 1.165) is 18.4 Å². The fourth-order valence-corrected chi connectivity index (χ4v) is 2.98. The summed E-state index contributed by atoms with van der Waals surface area (Å²) in [5, 5.41) is 3.79. The van der Waals surface area contributed by atoms with E-state index < -0.39 is 9.84 Å². The van der Waals surface area contributed by atoms with Crippen molar-refractivity contribution in [2.75, 3.05) is 6.26 Å². The molecule has 0 N–H and O–H groups in total. The fourth-order valence-electron chi connectivity index (χ4n) is 2.39. The molecule has 0 amide bonds. The predicted octanol–water partition coefficient (Wildman–Crippen LogP) is 2.16. The van der Waals surface area contributed by atoms with Crippen LogP contribution in [0.4, 0.5) is 0 Å². The first-order valence-corrected chi connectivity index (χ1v) is 8.64. The van der Waals surface area contributed by atoms with Crippen molar-refractivity contribution in [3.05, 3.63) is 47.6 Å². The van der Waals surface area contributed by atoms with Crippen LogP contribution in [-0.4, -0.2) is 24.8 Å². The van der Waals surface area contributed by atoms with Gasteiger partial charge in [-0.3, -0.25) is 0 Å². The summed E-state index contributed by atoms with van der Waals surface area (Å²) >= 11 is 0. The molecular formula is C14H16N2O3S. The summed E-state index contributed by atoms with van der Waals surface area (Å²) in [6, 6.07) is 10.0. The van der Waals surface area contributed by atoms with Crippen LogP contribution in [0.15, 0.2) is 34.9 Å². The van der Waals surface area contributed by atoms with E-state index in [1.165, 1.54) is 6.26 Å². The molecule has 20 heavy (non-hydrogen) atoms. The zero-order valence-electron chi connectivity index (χ0n) is 11.2. The number of benzene rings is 1. The SMILES string of the molecule is CS(=O)(=O)Cc1noc([C@H](c2ccccc2)C2CC2)n1. The summed E-state index contributed by atoms with van der Waals surface area (Å²) < 4.78 is 27.9. The van der Waals surface area contributed by atoms with Crippen LogP contribution in [0.25, 0.3) is 0 Å². The maximum absolute atomic E-state index is 11.3. The van der Waals surface area contributed by atoms with Gasteiger partial charge in [0, 0.05) is 6.26 Å². The third-order valence-corrected chi connectivity index (χ3v) is 4.18. The third-order valence-electron chi connectivity index (χ3n) is 3.39. The van der Waals surface area contributed by atoms with Gasteiger partial charge in [0.1, 0.15) is 5.75 Å². The molecular weight excluding hydrogens is 276 g/mol. The third kappa shape index (κ3) is 3.07. The Bertz CT molecular complexity index is 690. The maximum atomic E-state index is 11.3. The van der Waals surface area contributed by atoms with Crippen LogP contribution < -0.4 is 0 Å². The Morgan fingerprint density at radius 1 is 1.30 bits per heavy atom. The Morgan fingerprint density at radius 3 is 2.60 bits per heavy atom. The Balaban J connectivity index is 1.89. The number of hydrogen-bond donors (Lipinski definition) is 0. The van der Waals surface area contributed by atoms with Gasteiger partial charge in [0.15, 0.2) is 15.7 Å². The second-order valence-electron chi connectivity index (χ2n) is 5.34. The molecule has 2 aromatic rings. The van der Waals surface area contributed by atoms with Gasteiger partial charge in [-0.25, -0.2) is 8.42 Å². The van der Waals surface area contributed by atoms with Crippen LogP contribution >= 0.6 is 0 Å². The standard InChI is InChI=1S/C14H16N2O3S/c1-20(17,18)9-12-15-14(19-16-12)13(11-7-8-11)10-5-3-2-4-6-10/h2-6,11,13H,7-9H2,1H3/t13-/m1/s1. The van der Waals surface area contributed by atoms with Crippen molar-refractivity contribution in [1.29, 1.82) is 0 Å². The zero-order chi connectivity index (χ0) is 14.2. The molecule has 106 valence electrons. The molecule has 1 fully saturated rings. The quantitative estimate of drug-likeness (QED) is 0.844. The van der Waals surface area contributed by atoms with Gasteiger partial charge in [-0.2, -0.15) is 4.98 Å². The van der Waals surface area contributed by atoms with Crippen molar-refractivity contribution < 1.29 is 12.9 Å². The molecule has 3 rings (SSSR count). The largest absolute Gasteiger partial charge is 0.339 e. The Kier molecular flexibility index (Phi) is 3.33. The van der Waals surface area contributed by atoms with E-state index >= 15 is 0 Å². The summed E-state index contributed by atoms with van der Waals surface area (Å²) in [6.07, 6.45) is 3.45. The minimum Gasteiger partial charge on any atom is -0.339 e. The minimum absolute atomic E-state index is 0.0806. The number of nitrogens with zero attached hydrogens (tertiary/aromatic N) is 2. The summed E-state index contributed by atoms with van der Waals surface area (Å²) in [5.41, 5.74) is 1.14. The molecule has 1 saturated carbocycles. The number of sulfone groups is 1. The monoisotopic (exact) mass is 292 g/mol. The first kappa shape index (κ1) is 13.3. The van der Waals surface area contributed by atoms with Crippen molar-refractivity contribution in [2.45, 2.75) is 24.5 Å². The molecule has 6 heteroatoms. The van der Waals surface area contributed by atoms with Gasteiger partial charge in [-0.15, -0.1) is 0 Å². The van der Waals surface area contributed by atoms with Gasteiger partial charge in [-0.1, -0.05) is 35.5 Å². The molecule has 0 bridgehead atoms. The molecule has 0 aliphatic heterocycles. The summed E-state index contributed by atoms with van der Waals surface area (Å²) in [5.74, 6) is 1.19. The van der Waals surface area contributed by atoms with Crippen LogP contribution in [-0.2, 0) is 15.6 Å². The molecule has 0 spiro atoms. The lowest BCUT2D eigenvalue weighted by Crippen LogP contribution is -2.05. The van der Waals surface area contributed by atoms with Crippen molar-refractivity contribution in [3.8, 4) is 0 Å². The first-order chi connectivity index (χ1) is 9.53. The molecule has 1 atom stereocenters. The topological polar surface area (TPSA) is 73.1 Å². The molecule has 0 radical (unpaired) electrons. The molecule has 1 aliphatic rings. The van der Waals surface area contributed by atoms with Crippen LogP contribution in [0, 0.1) is 5.92 Å². The molecule has 0 saturated heterocycles. The maximum Gasteiger partial charge on any atom is 0.234 e. The Labute approximate surface area is 117 Å². The lowest BCUT2D eigenvalue weighted by atomic mass is 9.94. The van der Waals surface area contributed by atoms with Gasteiger partial charge in [0.25, 0.3) is 0 Å². The molecule has 1 aromatic heterocycles. The zero-order valence-corrected chi connectivity index (χ0v) is 12.0. The van der Waals surface area contributed by atoms with E-state index in [-0.39, 0.29) is 17.5 Å². The van der Waals surface area contributed by atoms with E-state index in [1.54, 1.807) is 0 Å². The highest BCUT2D eigenvalue weighted by Gasteiger charge is 2.37. The number of hydrogen-bond acceptors (Lipinski definition) is 5. The highest BCUT2D eigenvalue weighted by Crippen LogP contribution is 2.45. The first-order valence-electron chi connectivity index (χ1n) is 6.58. The van der Waals surface area contributed by atoms with Crippen molar-refractivity contribution in [1.82, 2.24) is 10.1 Å². The summed E-state index contributed by atoms with van der Waals surface area (Å²) in [4.78, 5) is 4.28. The Hall–Kier alpha value is -1.69. The van der Waals surface area contributed by atoms with Gasteiger partial charge >= 0.3 is 0 Å². The summed E-state index contributed by atoms with van der Waals surface area (Å²) in [7, 11) is -3.14. The number of aromatic nitrogens is 2. The lowest BCUT2D eigenvalue weighted by molar-refractivity contribution is 0.353. The van der Waals surface area contributed by atoms with Gasteiger partial charge in [-0.05, 0) is 24.3 Å². The van der Waals surface area contributed by atoms with Gasteiger partial charge in [0.2, 0.25) is 5.89 Å². The molecule has 1 heterocycles. The molecule has 0 unspecified atom stereocenters. The van der Waals surface area contributed by atoms with Crippen molar-refractivity contribution in [3.63, 3.8) is 0 Å². The summed E-state index contributed by atoms with van der Waals surface area (Å²) in [6.45, 7) is 0. The predicted molar refractivity (Wildman–Crippen MR) is 73.9 cm³/mol. The molecule has 1 aliphatic carbocycles. The normalized spacial score (nSPS) is 17.1. The fraction of sp³-hybridized carbons (Fsp3) is 0.429. The van der Waals surface area contributed by atoms with Gasteiger partial charge in [0.05, 0.1) is 5.92 Å². The van der Waals surface area contributed by atoms with Crippen LogP contribution in [0.2, 0.25) is 0 Å². The Morgan fingerprint density at radius 2 is 2.00 bits per heavy atom. The van der Waals surface area contributed by atoms with Gasteiger partial charge < -0.3 is 4.52 Å². The highest BCUT2D eigenvalue weighted by molar-refractivity contribution is 7.89. The lowest BCUT2D eigenvalue weighted by Gasteiger charge is -2.11.